The first kappa shape index (κ1) is 23.2. The van der Waals surface area contributed by atoms with E-state index in [0.29, 0.717) is 27.1 Å². The smallest absolute Gasteiger partial charge is 0.251 e. The molecule has 2 heterocycles. The van der Waals surface area contributed by atoms with Crippen LogP contribution >= 0.6 is 35.2 Å². The number of halogens is 1. The van der Waals surface area contributed by atoms with Crippen molar-refractivity contribution < 1.29 is 14.0 Å². The van der Waals surface area contributed by atoms with Crippen molar-refractivity contribution in [1.29, 1.82) is 0 Å². The number of rotatable bonds is 5. The standard InChI is InChI=1S/C24H22ClN3O3S2/c25-15-8-6-14(7-9-15)18-12-10-16(31-18)11-13-20(29)27-24(32)28-23-21(22(26)30)17-4-2-1-3-5-19(17)33-23/h6-13H,1-5H2,(H2,26,30)(H2,27,28,29,32). The Morgan fingerprint density at radius 3 is 2.61 bits per heavy atom. The average molecular weight is 500 g/mol. The van der Waals surface area contributed by atoms with Gasteiger partial charge in [-0.3, -0.25) is 14.9 Å². The number of fused-ring (bicyclic) bond motifs is 1. The third-order valence-corrected chi connectivity index (χ3v) is 6.95. The number of aryl methyl sites for hydroxylation is 1. The molecule has 1 aliphatic carbocycles. The van der Waals surface area contributed by atoms with E-state index in [4.69, 9.17) is 34.0 Å². The van der Waals surface area contributed by atoms with Gasteiger partial charge in [0.25, 0.3) is 5.91 Å². The van der Waals surface area contributed by atoms with Gasteiger partial charge in [-0.15, -0.1) is 11.3 Å². The summed E-state index contributed by atoms with van der Waals surface area (Å²) in [6.07, 6.45) is 7.89. The lowest BCUT2D eigenvalue weighted by atomic mass is 10.1. The van der Waals surface area contributed by atoms with Crippen LogP contribution in [0.25, 0.3) is 17.4 Å². The number of primary amides is 1. The van der Waals surface area contributed by atoms with Crippen molar-refractivity contribution in [2.75, 3.05) is 5.32 Å². The van der Waals surface area contributed by atoms with Crippen molar-refractivity contribution in [2.24, 2.45) is 5.73 Å². The summed E-state index contributed by atoms with van der Waals surface area (Å²) < 4.78 is 5.75. The third kappa shape index (κ3) is 5.71. The van der Waals surface area contributed by atoms with E-state index in [9.17, 15) is 9.59 Å². The van der Waals surface area contributed by atoms with Crippen LogP contribution in [0.15, 0.2) is 46.9 Å². The predicted molar refractivity (Wildman–Crippen MR) is 137 cm³/mol. The third-order valence-electron chi connectivity index (χ3n) is 5.29. The number of benzene rings is 1. The zero-order valence-corrected chi connectivity index (χ0v) is 20.0. The lowest BCUT2D eigenvalue weighted by Gasteiger charge is -2.08. The minimum atomic E-state index is -0.486. The molecule has 0 unspecified atom stereocenters. The SMILES string of the molecule is NC(=O)c1c(NC(=S)NC(=O)C=Cc2ccc(-c3ccc(Cl)cc3)o2)sc2c1CCCCC2. The highest BCUT2D eigenvalue weighted by Crippen LogP contribution is 2.37. The van der Waals surface area contributed by atoms with Crippen LogP contribution in [0.3, 0.4) is 0 Å². The average Bonchev–Trinajstić information content (AvgIpc) is 3.31. The topological polar surface area (TPSA) is 97.4 Å². The molecule has 0 atom stereocenters. The monoisotopic (exact) mass is 499 g/mol. The highest BCUT2D eigenvalue weighted by Gasteiger charge is 2.23. The first-order valence-corrected chi connectivity index (χ1v) is 12.1. The van der Waals surface area contributed by atoms with Gasteiger partial charge in [0, 0.05) is 21.5 Å². The molecule has 0 saturated heterocycles. The van der Waals surface area contributed by atoms with E-state index in [2.05, 4.69) is 10.6 Å². The summed E-state index contributed by atoms with van der Waals surface area (Å²) in [4.78, 5) is 25.6. The lowest BCUT2D eigenvalue weighted by molar-refractivity contribution is -0.115. The Kier molecular flexibility index (Phi) is 7.27. The first-order valence-electron chi connectivity index (χ1n) is 10.5. The number of hydrogen-bond donors (Lipinski definition) is 3. The number of hydrogen-bond acceptors (Lipinski definition) is 5. The summed E-state index contributed by atoms with van der Waals surface area (Å²) >= 11 is 12.7. The molecule has 3 aromatic rings. The van der Waals surface area contributed by atoms with Crippen LogP contribution in [0, 0.1) is 0 Å². The second kappa shape index (κ2) is 10.3. The zero-order valence-electron chi connectivity index (χ0n) is 17.7. The van der Waals surface area contributed by atoms with Gasteiger partial charge in [0.05, 0.1) is 5.56 Å². The van der Waals surface area contributed by atoms with Crippen molar-refractivity contribution in [3.05, 3.63) is 69.3 Å². The summed E-state index contributed by atoms with van der Waals surface area (Å²) in [5.74, 6) is 0.281. The minimum absolute atomic E-state index is 0.102. The van der Waals surface area contributed by atoms with Crippen molar-refractivity contribution >= 4 is 63.2 Å². The Hall–Kier alpha value is -2.94. The molecular formula is C24H22ClN3O3S2. The number of nitrogens with two attached hydrogens (primary N) is 1. The van der Waals surface area contributed by atoms with Crippen LogP contribution in [-0.2, 0) is 17.6 Å². The molecule has 2 aromatic heterocycles. The Labute approximate surface area is 205 Å². The number of carbonyl (C=O) groups is 2. The molecule has 0 aliphatic heterocycles. The molecule has 1 aliphatic rings. The fourth-order valence-electron chi connectivity index (χ4n) is 3.75. The van der Waals surface area contributed by atoms with Gasteiger partial charge in [-0.25, -0.2) is 0 Å². The summed E-state index contributed by atoms with van der Waals surface area (Å²) in [6, 6.07) is 10.9. The van der Waals surface area contributed by atoms with Crippen LogP contribution in [0.4, 0.5) is 5.00 Å². The largest absolute Gasteiger partial charge is 0.457 e. The molecule has 4 rings (SSSR count). The molecule has 0 bridgehead atoms. The Morgan fingerprint density at radius 1 is 1.09 bits per heavy atom. The van der Waals surface area contributed by atoms with E-state index >= 15 is 0 Å². The number of amides is 2. The maximum atomic E-state index is 12.3. The molecule has 9 heteroatoms. The molecule has 1 aromatic carbocycles. The number of carbonyl (C=O) groups excluding carboxylic acids is 2. The van der Waals surface area contributed by atoms with Gasteiger partial charge < -0.3 is 15.5 Å². The molecule has 6 nitrogen and oxygen atoms in total. The number of thiophene rings is 1. The van der Waals surface area contributed by atoms with Crippen LogP contribution < -0.4 is 16.4 Å². The molecule has 0 radical (unpaired) electrons. The Bertz CT molecular complexity index is 1230. The van der Waals surface area contributed by atoms with E-state index < -0.39 is 11.8 Å². The van der Waals surface area contributed by atoms with Gasteiger partial charge in [-0.1, -0.05) is 18.0 Å². The van der Waals surface area contributed by atoms with Crippen LogP contribution in [0.5, 0.6) is 0 Å². The predicted octanol–water partition coefficient (Wildman–Crippen LogP) is 5.56. The first-order chi connectivity index (χ1) is 15.9. The number of nitrogens with one attached hydrogen (secondary N) is 2. The molecule has 2 amide bonds. The molecule has 4 N–H and O–H groups in total. The fraction of sp³-hybridized carbons (Fsp3) is 0.208. The van der Waals surface area contributed by atoms with E-state index in [1.165, 1.54) is 17.4 Å². The highest BCUT2D eigenvalue weighted by atomic mass is 35.5. The fourth-order valence-corrected chi connectivity index (χ4v) is 5.44. The number of thiocarbonyl (C=S) groups is 1. The second-order valence-corrected chi connectivity index (χ2v) is 9.57. The lowest BCUT2D eigenvalue weighted by Crippen LogP contribution is -2.33. The normalized spacial score (nSPS) is 13.4. The van der Waals surface area contributed by atoms with Crippen LogP contribution in [0.1, 0.15) is 45.8 Å². The van der Waals surface area contributed by atoms with E-state index in [1.54, 1.807) is 24.3 Å². The Morgan fingerprint density at radius 2 is 1.85 bits per heavy atom. The molecule has 0 fully saturated rings. The van der Waals surface area contributed by atoms with Crippen LogP contribution in [-0.4, -0.2) is 16.9 Å². The molecule has 0 spiro atoms. The second-order valence-electron chi connectivity index (χ2n) is 7.62. The Balaban J connectivity index is 1.39. The summed E-state index contributed by atoms with van der Waals surface area (Å²) in [6.45, 7) is 0. The van der Waals surface area contributed by atoms with Gasteiger partial charge in [-0.2, -0.15) is 0 Å². The molecular weight excluding hydrogens is 478 g/mol. The van der Waals surface area contributed by atoms with Crippen molar-refractivity contribution in [2.45, 2.75) is 32.1 Å². The summed E-state index contributed by atoms with van der Waals surface area (Å²) in [5.41, 5.74) is 8.02. The number of furan rings is 1. The number of anilines is 1. The summed E-state index contributed by atoms with van der Waals surface area (Å²) in [7, 11) is 0. The van der Waals surface area contributed by atoms with Crippen LogP contribution in [0.2, 0.25) is 5.02 Å². The van der Waals surface area contributed by atoms with Gasteiger partial charge in [0.15, 0.2) is 5.11 Å². The van der Waals surface area contributed by atoms with Crippen molar-refractivity contribution in [1.82, 2.24) is 5.32 Å². The van der Waals surface area contributed by atoms with Gasteiger partial charge in [-0.05, 0) is 85.9 Å². The quantitative estimate of drug-likeness (QED) is 0.243. The van der Waals surface area contributed by atoms with E-state index in [1.807, 2.05) is 18.2 Å². The van der Waals surface area contributed by atoms with Crippen molar-refractivity contribution in [3.63, 3.8) is 0 Å². The van der Waals surface area contributed by atoms with Crippen molar-refractivity contribution in [3.8, 4) is 11.3 Å². The van der Waals surface area contributed by atoms with E-state index in [0.717, 1.165) is 48.1 Å². The van der Waals surface area contributed by atoms with E-state index in [-0.39, 0.29) is 5.11 Å². The molecule has 0 saturated carbocycles. The van der Waals surface area contributed by atoms with Gasteiger partial charge in [0.1, 0.15) is 16.5 Å². The highest BCUT2D eigenvalue weighted by molar-refractivity contribution is 7.80. The maximum Gasteiger partial charge on any atom is 0.251 e. The molecule has 33 heavy (non-hydrogen) atoms. The van der Waals surface area contributed by atoms with Gasteiger partial charge in [0.2, 0.25) is 5.91 Å². The molecule has 170 valence electrons. The summed E-state index contributed by atoms with van der Waals surface area (Å²) in [5, 5.41) is 6.91. The maximum absolute atomic E-state index is 12.3. The minimum Gasteiger partial charge on any atom is -0.457 e. The zero-order chi connectivity index (χ0) is 23.4. The van der Waals surface area contributed by atoms with Gasteiger partial charge >= 0.3 is 0 Å².